The van der Waals surface area contributed by atoms with Crippen molar-refractivity contribution in [3.63, 3.8) is 0 Å². The summed E-state index contributed by atoms with van der Waals surface area (Å²) in [6.07, 6.45) is 6.10. The molecule has 2 N–H and O–H groups in total. The smallest absolute Gasteiger partial charge is 0.164 e. The molecule has 3 heteroatoms. The zero-order valence-electron chi connectivity index (χ0n) is 12.3. The van der Waals surface area contributed by atoms with Gasteiger partial charge in [-0.1, -0.05) is 31.4 Å². The van der Waals surface area contributed by atoms with E-state index in [0.717, 1.165) is 29.9 Å². The molecule has 1 aliphatic rings. The van der Waals surface area contributed by atoms with Crippen molar-refractivity contribution in [2.75, 3.05) is 20.8 Å². The molecule has 0 amide bonds. The number of ether oxygens (including phenoxy) is 2. The fourth-order valence-electron chi connectivity index (χ4n) is 3.35. The van der Waals surface area contributed by atoms with Gasteiger partial charge in [0.1, 0.15) is 0 Å². The lowest BCUT2D eigenvalue weighted by Gasteiger charge is -2.38. The molecule has 0 bridgehead atoms. The molecule has 0 aliphatic heterocycles. The maximum absolute atomic E-state index is 6.13. The molecule has 3 nitrogen and oxygen atoms in total. The van der Waals surface area contributed by atoms with E-state index in [1.54, 1.807) is 14.2 Å². The molecule has 0 spiro atoms. The largest absolute Gasteiger partial charge is 0.493 e. The number of hydrogen-bond acceptors (Lipinski definition) is 3. The number of hydrogen-bond donors (Lipinski definition) is 1. The third-order valence-electron chi connectivity index (χ3n) is 4.49. The standard InChI is InChI=1S/C16H25NO2/c1-12-7-8-13(15(19-3)14(12)18-2)16(11-17)9-5-4-6-10-16/h7-8H,4-6,9-11,17H2,1-3H3. The summed E-state index contributed by atoms with van der Waals surface area (Å²) in [6, 6.07) is 4.29. The Hall–Kier alpha value is -1.22. The summed E-state index contributed by atoms with van der Waals surface area (Å²) in [6.45, 7) is 2.72. The molecular weight excluding hydrogens is 238 g/mol. The van der Waals surface area contributed by atoms with Gasteiger partial charge in [-0.3, -0.25) is 0 Å². The van der Waals surface area contributed by atoms with Gasteiger partial charge in [-0.25, -0.2) is 0 Å². The van der Waals surface area contributed by atoms with Crippen molar-refractivity contribution in [3.8, 4) is 11.5 Å². The van der Waals surface area contributed by atoms with E-state index < -0.39 is 0 Å². The van der Waals surface area contributed by atoms with Crippen LogP contribution in [-0.2, 0) is 5.41 Å². The summed E-state index contributed by atoms with van der Waals surface area (Å²) in [5, 5.41) is 0. The van der Waals surface area contributed by atoms with Crippen LogP contribution in [0.1, 0.15) is 43.2 Å². The van der Waals surface area contributed by atoms with Crippen LogP contribution >= 0.6 is 0 Å². The molecule has 1 saturated carbocycles. The van der Waals surface area contributed by atoms with Crippen LogP contribution in [0.3, 0.4) is 0 Å². The maximum atomic E-state index is 6.13. The first-order valence-electron chi connectivity index (χ1n) is 7.10. The van der Waals surface area contributed by atoms with Crippen molar-refractivity contribution in [3.05, 3.63) is 23.3 Å². The molecule has 1 aromatic carbocycles. The van der Waals surface area contributed by atoms with Crippen LogP contribution in [-0.4, -0.2) is 20.8 Å². The van der Waals surface area contributed by atoms with E-state index in [-0.39, 0.29) is 5.41 Å². The molecule has 0 unspecified atom stereocenters. The van der Waals surface area contributed by atoms with Crippen molar-refractivity contribution in [1.29, 1.82) is 0 Å². The van der Waals surface area contributed by atoms with Gasteiger partial charge >= 0.3 is 0 Å². The average Bonchev–Trinajstić information content (AvgIpc) is 2.47. The molecule has 106 valence electrons. The van der Waals surface area contributed by atoms with Gasteiger partial charge in [0.15, 0.2) is 11.5 Å². The first-order valence-corrected chi connectivity index (χ1v) is 7.10. The van der Waals surface area contributed by atoms with Crippen LogP contribution in [0.2, 0.25) is 0 Å². The van der Waals surface area contributed by atoms with E-state index in [1.165, 1.54) is 24.8 Å². The number of nitrogens with two attached hydrogens (primary N) is 1. The number of aryl methyl sites for hydroxylation is 1. The second-order valence-electron chi connectivity index (χ2n) is 5.54. The summed E-state index contributed by atoms with van der Waals surface area (Å²) in [5.74, 6) is 1.72. The highest BCUT2D eigenvalue weighted by Crippen LogP contribution is 2.46. The van der Waals surface area contributed by atoms with E-state index in [9.17, 15) is 0 Å². The summed E-state index contributed by atoms with van der Waals surface area (Å²) < 4.78 is 11.2. The maximum Gasteiger partial charge on any atom is 0.164 e. The Kier molecular flexibility index (Phi) is 4.35. The molecule has 2 rings (SSSR count). The fraction of sp³-hybridized carbons (Fsp3) is 0.625. The van der Waals surface area contributed by atoms with Gasteiger partial charge < -0.3 is 15.2 Å². The van der Waals surface area contributed by atoms with Crippen LogP contribution in [0.15, 0.2) is 12.1 Å². The molecule has 1 aromatic rings. The minimum atomic E-state index is 0.0601. The zero-order valence-corrected chi connectivity index (χ0v) is 12.3. The summed E-state index contributed by atoms with van der Waals surface area (Å²) in [5.41, 5.74) is 8.51. The number of benzene rings is 1. The van der Waals surface area contributed by atoms with Crippen LogP contribution in [0.5, 0.6) is 11.5 Å². The van der Waals surface area contributed by atoms with Crippen molar-refractivity contribution in [1.82, 2.24) is 0 Å². The lowest BCUT2D eigenvalue weighted by Crippen LogP contribution is -2.37. The normalized spacial score (nSPS) is 18.1. The van der Waals surface area contributed by atoms with E-state index in [0.29, 0.717) is 6.54 Å². The summed E-state index contributed by atoms with van der Waals surface area (Å²) in [7, 11) is 3.42. The molecule has 1 aliphatic carbocycles. The van der Waals surface area contributed by atoms with Gasteiger partial charge in [0.05, 0.1) is 14.2 Å². The second kappa shape index (κ2) is 5.83. The lowest BCUT2D eigenvalue weighted by molar-refractivity contribution is 0.281. The highest BCUT2D eigenvalue weighted by molar-refractivity contribution is 5.54. The Bertz CT molecular complexity index is 437. The highest BCUT2D eigenvalue weighted by atomic mass is 16.5. The van der Waals surface area contributed by atoms with Gasteiger partial charge in [-0.2, -0.15) is 0 Å². The minimum absolute atomic E-state index is 0.0601. The molecule has 19 heavy (non-hydrogen) atoms. The Morgan fingerprint density at radius 2 is 1.68 bits per heavy atom. The number of rotatable bonds is 4. The number of methoxy groups -OCH3 is 2. The van der Waals surface area contributed by atoms with Gasteiger partial charge in [-0.05, 0) is 25.3 Å². The highest BCUT2D eigenvalue weighted by Gasteiger charge is 2.36. The SMILES string of the molecule is COc1c(C)ccc(C2(CN)CCCCC2)c1OC. The second-order valence-corrected chi connectivity index (χ2v) is 5.54. The predicted octanol–water partition coefficient (Wildman–Crippen LogP) is 3.17. The van der Waals surface area contributed by atoms with Crippen molar-refractivity contribution in [2.45, 2.75) is 44.4 Å². The first-order chi connectivity index (χ1) is 9.18. The van der Waals surface area contributed by atoms with Gasteiger partial charge in [0, 0.05) is 17.5 Å². The third kappa shape index (κ3) is 2.44. The molecule has 1 fully saturated rings. The molecule has 0 radical (unpaired) electrons. The topological polar surface area (TPSA) is 44.5 Å². The Balaban J connectivity index is 2.53. The van der Waals surface area contributed by atoms with E-state index in [4.69, 9.17) is 15.2 Å². The molecule has 0 atom stereocenters. The summed E-state index contributed by atoms with van der Waals surface area (Å²) >= 11 is 0. The van der Waals surface area contributed by atoms with Gasteiger partial charge in [-0.15, -0.1) is 0 Å². The van der Waals surface area contributed by atoms with E-state index >= 15 is 0 Å². The first kappa shape index (κ1) is 14.2. The van der Waals surface area contributed by atoms with Crippen LogP contribution < -0.4 is 15.2 Å². The van der Waals surface area contributed by atoms with E-state index in [2.05, 4.69) is 12.1 Å². The van der Waals surface area contributed by atoms with Crippen molar-refractivity contribution >= 4 is 0 Å². The average molecular weight is 263 g/mol. The molecule has 0 heterocycles. The van der Waals surface area contributed by atoms with Gasteiger partial charge in [0.2, 0.25) is 0 Å². The molecular formula is C16H25NO2. The monoisotopic (exact) mass is 263 g/mol. The minimum Gasteiger partial charge on any atom is -0.493 e. The summed E-state index contributed by atoms with van der Waals surface area (Å²) in [4.78, 5) is 0. The van der Waals surface area contributed by atoms with Crippen LogP contribution in [0.4, 0.5) is 0 Å². The zero-order chi connectivity index (χ0) is 13.9. The Labute approximate surface area is 116 Å². The van der Waals surface area contributed by atoms with Crippen molar-refractivity contribution in [2.24, 2.45) is 5.73 Å². The van der Waals surface area contributed by atoms with Crippen LogP contribution in [0, 0.1) is 6.92 Å². The van der Waals surface area contributed by atoms with E-state index in [1.807, 2.05) is 6.92 Å². The Morgan fingerprint density at radius 3 is 2.21 bits per heavy atom. The fourth-order valence-corrected chi connectivity index (χ4v) is 3.35. The Morgan fingerprint density at radius 1 is 1.05 bits per heavy atom. The van der Waals surface area contributed by atoms with Crippen molar-refractivity contribution < 1.29 is 9.47 Å². The van der Waals surface area contributed by atoms with Crippen LogP contribution in [0.25, 0.3) is 0 Å². The quantitative estimate of drug-likeness (QED) is 0.907. The van der Waals surface area contributed by atoms with Gasteiger partial charge in [0.25, 0.3) is 0 Å². The third-order valence-corrected chi connectivity index (χ3v) is 4.49. The molecule has 0 saturated heterocycles. The predicted molar refractivity (Wildman–Crippen MR) is 78.1 cm³/mol. The lowest BCUT2D eigenvalue weighted by atomic mass is 9.69. The molecule has 0 aromatic heterocycles.